The van der Waals surface area contributed by atoms with E-state index in [0.29, 0.717) is 38.9 Å². The lowest BCUT2D eigenvalue weighted by atomic mass is 10.2. The van der Waals surface area contributed by atoms with Crippen LogP contribution in [0.4, 0.5) is 0 Å². The van der Waals surface area contributed by atoms with E-state index in [0.717, 1.165) is 5.69 Å². The minimum Gasteiger partial charge on any atom is -0.378 e. The molecule has 1 aromatic heterocycles. The molecule has 20 heavy (non-hydrogen) atoms. The van der Waals surface area contributed by atoms with Crippen LogP contribution in [0.1, 0.15) is 32.5 Å². The smallest absolute Gasteiger partial charge is 0.239 e. The van der Waals surface area contributed by atoms with Crippen molar-refractivity contribution < 1.29 is 9.53 Å². The summed E-state index contributed by atoms with van der Waals surface area (Å²) < 4.78 is 7.18. The molecule has 1 atom stereocenters. The number of ether oxygens (including phenoxy) is 1. The van der Waals surface area contributed by atoms with Gasteiger partial charge in [-0.15, -0.1) is 0 Å². The van der Waals surface area contributed by atoms with Gasteiger partial charge in [0, 0.05) is 31.9 Å². The lowest BCUT2D eigenvalue weighted by Crippen LogP contribution is -2.49. The fourth-order valence-electron chi connectivity index (χ4n) is 2.16. The van der Waals surface area contributed by atoms with Crippen molar-refractivity contribution in [3.8, 4) is 0 Å². The fourth-order valence-corrected chi connectivity index (χ4v) is 2.16. The zero-order chi connectivity index (χ0) is 14.5. The molecule has 1 saturated heterocycles. The number of rotatable bonds is 5. The summed E-state index contributed by atoms with van der Waals surface area (Å²) in [7, 11) is 0. The second kappa shape index (κ2) is 6.85. The van der Waals surface area contributed by atoms with Gasteiger partial charge < -0.3 is 15.0 Å². The number of aromatic nitrogens is 2. The lowest BCUT2D eigenvalue weighted by molar-refractivity contribution is -0.137. The van der Waals surface area contributed by atoms with Crippen molar-refractivity contribution in [3.63, 3.8) is 0 Å². The standard InChI is InChI=1S/C14H24N4O2/c1-11(2)18-5-4-13(16-18)10-15-12(3)14(19)17-6-8-20-9-7-17/h4-5,11-12,15H,6-10H2,1-3H3. The van der Waals surface area contributed by atoms with E-state index in [1.165, 1.54) is 0 Å². The van der Waals surface area contributed by atoms with E-state index in [-0.39, 0.29) is 11.9 Å². The first-order valence-electron chi connectivity index (χ1n) is 7.22. The van der Waals surface area contributed by atoms with Crippen LogP contribution in [0.15, 0.2) is 12.3 Å². The number of nitrogens with one attached hydrogen (secondary N) is 1. The third kappa shape index (κ3) is 3.80. The molecule has 0 saturated carbocycles. The number of carbonyl (C=O) groups excluding carboxylic acids is 1. The predicted octanol–water partition coefficient (Wildman–Crippen LogP) is 0.801. The SMILES string of the molecule is CC(NCc1ccn(C(C)C)n1)C(=O)N1CCOCC1. The predicted molar refractivity (Wildman–Crippen MR) is 76.3 cm³/mol. The topological polar surface area (TPSA) is 59.4 Å². The first-order valence-corrected chi connectivity index (χ1v) is 7.22. The Kier molecular flexibility index (Phi) is 5.14. The van der Waals surface area contributed by atoms with Gasteiger partial charge in [-0.2, -0.15) is 5.10 Å². The Hall–Kier alpha value is -1.40. The first kappa shape index (κ1) is 15.0. The van der Waals surface area contributed by atoms with Crippen molar-refractivity contribution in [2.24, 2.45) is 0 Å². The Morgan fingerprint density at radius 3 is 2.70 bits per heavy atom. The lowest BCUT2D eigenvalue weighted by Gasteiger charge is -2.29. The third-order valence-corrected chi connectivity index (χ3v) is 3.48. The molecular weight excluding hydrogens is 256 g/mol. The van der Waals surface area contributed by atoms with Crippen LogP contribution >= 0.6 is 0 Å². The Bertz CT molecular complexity index is 438. The van der Waals surface area contributed by atoms with E-state index in [9.17, 15) is 4.79 Å². The van der Waals surface area contributed by atoms with Crippen molar-refractivity contribution in [2.75, 3.05) is 26.3 Å². The van der Waals surface area contributed by atoms with Crippen molar-refractivity contribution >= 4 is 5.91 Å². The first-order chi connectivity index (χ1) is 9.58. The van der Waals surface area contributed by atoms with Crippen LogP contribution in [-0.2, 0) is 16.1 Å². The molecule has 6 heteroatoms. The summed E-state index contributed by atoms with van der Waals surface area (Å²) in [4.78, 5) is 14.1. The minimum atomic E-state index is -0.197. The molecule has 1 aromatic rings. The molecular formula is C14H24N4O2. The molecule has 1 aliphatic rings. The number of hydrogen-bond acceptors (Lipinski definition) is 4. The molecule has 2 heterocycles. The second-order valence-corrected chi connectivity index (χ2v) is 5.42. The van der Waals surface area contributed by atoms with Gasteiger partial charge in [0.15, 0.2) is 0 Å². The Morgan fingerprint density at radius 2 is 2.10 bits per heavy atom. The molecule has 1 N–H and O–H groups in total. The molecule has 0 radical (unpaired) electrons. The number of carbonyl (C=O) groups is 1. The number of hydrogen-bond donors (Lipinski definition) is 1. The maximum atomic E-state index is 12.2. The maximum absolute atomic E-state index is 12.2. The van der Waals surface area contributed by atoms with E-state index < -0.39 is 0 Å². The molecule has 1 aliphatic heterocycles. The van der Waals surface area contributed by atoms with E-state index in [1.807, 2.05) is 28.8 Å². The summed E-state index contributed by atoms with van der Waals surface area (Å²) in [6.07, 6.45) is 1.97. The molecule has 1 unspecified atom stereocenters. The van der Waals surface area contributed by atoms with E-state index >= 15 is 0 Å². The molecule has 0 bridgehead atoms. The summed E-state index contributed by atoms with van der Waals surface area (Å²) in [5.41, 5.74) is 0.959. The van der Waals surface area contributed by atoms with Crippen LogP contribution in [0.2, 0.25) is 0 Å². The molecule has 112 valence electrons. The highest BCUT2D eigenvalue weighted by atomic mass is 16.5. The molecule has 2 rings (SSSR count). The van der Waals surface area contributed by atoms with E-state index in [4.69, 9.17) is 4.74 Å². The highest BCUT2D eigenvalue weighted by molar-refractivity contribution is 5.81. The molecule has 0 spiro atoms. The van der Waals surface area contributed by atoms with Crippen molar-refractivity contribution in [1.82, 2.24) is 20.0 Å². The number of morpholine rings is 1. The van der Waals surface area contributed by atoms with Gasteiger partial charge in [0.2, 0.25) is 5.91 Å². The van der Waals surface area contributed by atoms with Crippen LogP contribution in [0.5, 0.6) is 0 Å². The average molecular weight is 280 g/mol. The van der Waals surface area contributed by atoms with Gasteiger partial charge in [0.05, 0.1) is 24.9 Å². The summed E-state index contributed by atoms with van der Waals surface area (Å²) in [6, 6.07) is 2.15. The van der Waals surface area contributed by atoms with Gasteiger partial charge in [0.25, 0.3) is 0 Å². The third-order valence-electron chi connectivity index (χ3n) is 3.48. The zero-order valence-corrected chi connectivity index (χ0v) is 12.5. The van der Waals surface area contributed by atoms with Crippen LogP contribution in [0.25, 0.3) is 0 Å². The van der Waals surface area contributed by atoms with Crippen molar-refractivity contribution in [2.45, 2.75) is 39.4 Å². The summed E-state index contributed by atoms with van der Waals surface area (Å²) >= 11 is 0. The van der Waals surface area contributed by atoms with Gasteiger partial charge in [-0.25, -0.2) is 0 Å². The maximum Gasteiger partial charge on any atom is 0.239 e. The van der Waals surface area contributed by atoms with E-state index in [1.54, 1.807) is 0 Å². The van der Waals surface area contributed by atoms with Gasteiger partial charge in [-0.3, -0.25) is 9.48 Å². The largest absolute Gasteiger partial charge is 0.378 e. The van der Waals surface area contributed by atoms with Gasteiger partial charge in [-0.1, -0.05) is 0 Å². The van der Waals surface area contributed by atoms with Gasteiger partial charge in [0.1, 0.15) is 0 Å². The molecule has 0 aromatic carbocycles. The number of amides is 1. The molecule has 1 fully saturated rings. The Morgan fingerprint density at radius 1 is 1.40 bits per heavy atom. The summed E-state index contributed by atoms with van der Waals surface area (Å²) in [5, 5.41) is 7.70. The highest BCUT2D eigenvalue weighted by Crippen LogP contribution is 2.05. The summed E-state index contributed by atoms with van der Waals surface area (Å²) in [6.45, 7) is 9.34. The fraction of sp³-hybridized carbons (Fsp3) is 0.714. The monoisotopic (exact) mass is 280 g/mol. The Labute approximate surface area is 120 Å². The molecule has 6 nitrogen and oxygen atoms in total. The van der Waals surface area contributed by atoms with Gasteiger partial charge >= 0.3 is 0 Å². The van der Waals surface area contributed by atoms with Crippen molar-refractivity contribution in [3.05, 3.63) is 18.0 Å². The van der Waals surface area contributed by atoms with Crippen LogP contribution in [0, 0.1) is 0 Å². The minimum absolute atomic E-state index is 0.136. The molecule has 0 aliphatic carbocycles. The van der Waals surface area contributed by atoms with Crippen molar-refractivity contribution in [1.29, 1.82) is 0 Å². The zero-order valence-electron chi connectivity index (χ0n) is 12.5. The van der Waals surface area contributed by atoms with Crippen LogP contribution in [0.3, 0.4) is 0 Å². The molecule has 1 amide bonds. The number of nitrogens with zero attached hydrogens (tertiary/aromatic N) is 3. The second-order valence-electron chi connectivity index (χ2n) is 5.42. The van der Waals surface area contributed by atoms with Gasteiger partial charge in [-0.05, 0) is 26.8 Å². The average Bonchev–Trinajstić information content (AvgIpc) is 2.94. The van der Waals surface area contributed by atoms with E-state index in [2.05, 4.69) is 24.3 Å². The van der Waals surface area contributed by atoms with Crippen LogP contribution < -0.4 is 5.32 Å². The normalized spacial score (nSPS) is 17.5. The highest BCUT2D eigenvalue weighted by Gasteiger charge is 2.22. The summed E-state index contributed by atoms with van der Waals surface area (Å²) in [5.74, 6) is 0.136. The van der Waals surface area contributed by atoms with Crippen LogP contribution in [-0.4, -0.2) is 52.9 Å². The quantitative estimate of drug-likeness (QED) is 0.867. The Balaban J connectivity index is 1.81.